The van der Waals surface area contributed by atoms with Crippen LogP contribution in [0.25, 0.3) is 0 Å². The molecule has 4 heteroatoms. The van der Waals surface area contributed by atoms with Gasteiger partial charge < -0.3 is 10.1 Å². The second-order valence-electron chi connectivity index (χ2n) is 6.49. The molecule has 0 aromatic carbocycles. The maximum atomic E-state index is 5.35. The molecule has 0 radical (unpaired) electrons. The molecule has 0 bridgehead atoms. The molecule has 0 saturated carbocycles. The molecule has 1 aromatic heterocycles. The molecule has 1 aliphatic heterocycles. The summed E-state index contributed by atoms with van der Waals surface area (Å²) < 4.78 is 5.35. The third kappa shape index (κ3) is 3.93. The van der Waals surface area contributed by atoms with E-state index in [1.807, 2.05) is 19.1 Å². The van der Waals surface area contributed by atoms with Crippen LogP contribution in [0, 0.1) is 6.92 Å². The van der Waals surface area contributed by atoms with Crippen LogP contribution in [-0.4, -0.2) is 41.7 Å². The van der Waals surface area contributed by atoms with Crippen molar-refractivity contribution in [3.63, 3.8) is 0 Å². The van der Waals surface area contributed by atoms with Gasteiger partial charge in [-0.05, 0) is 40.7 Å². The van der Waals surface area contributed by atoms with Crippen molar-refractivity contribution in [2.75, 3.05) is 20.2 Å². The molecule has 0 spiro atoms. The van der Waals surface area contributed by atoms with Crippen molar-refractivity contribution in [1.82, 2.24) is 15.2 Å². The number of nitrogens with one attached hydrogen (secondary N) is 1. The first-order valence-corrected chi connectivity index (χ1v) is 7.40. The van der Waals surface area contributed by atoms with Gasteiger partial charge >= 0.3 is 0 Å². The number of ether oxygens (including phenoxy) is 1. The van der Waals surface area contributed by atoms with E-state index in [0.717, 1.165) is 36.8 Å². The third-order valence-corrected chi connectivity index (χ3v) is 3.97. The average Bonchev–Trinajstić information content (AvgIpc) is 2.48. The normalized spacial score (nSPS) is 23.4. The summed E-state index contributed by atoms with van der Waals surface area (Å²) in [5.41, 5.74) is 2.25. The molecule has 20 heavy (non-hydrogen) atoms. The Morgan fingerprint density at radius 2 is 2.20 bits per heavy atom. The Morgan fingerprint density at radius 1 is 1.45 bits per heavy atom. The van der Waals surface area contributed by atoms with Crippen LogP contribution in [0.2, 0.25) is 0 Å². The number of rotatable bonds is 3. The summed E-state index contributed by atoms with van der Waals surface area (Å²) in [5, 5.41) is 3.61. The van der Waals surface area contributed by atoms with Crippen molar-refractivity contribution in [2.45, 2.75) is 52.2 Å². The van der Waals surface area contributed by atoms with Crippen LogP contribution in [0.15, 0.2) is 12.1 Å². The molecule has 2 heterocycles. The summed E-state index contributed by atoms with van der Waals surface area (Å²) in [5.74, 6) is 0.896. The highest BCUT2D eigenvalue weighted by atomic mass is 16.5. The number of hydrogen-bond donors (Lipinski definition) is 1. The second-order valence-corrected chi connectivity index (χ2v) is 6.49. The van der Waals surface area contributed by atoms with Crippen molar-refractivity contribution in [1.29, 1.82) is 0 Å². The lowest BCUT2D eigenvalue weighted by molar-refractivity contribution is 0.171. The van der Waals surface area contributed by atoms with Crippen LogP contribution < -0.4 is 10.1 Å². The van der Waals surface area contributed by atoms with E-state index in [1.165, 1.54) is 6.42 Å². The first-order valence-electron chi connectivity index (χ1n) is 7.40. The molecule has 1 aromatic rings. The lowest BCUT2D eigenvalue weighted by Crippen LogP contribution is -2.47. The predicted octanol–water partition coefficient (Wildman–Crippen LogP) is 2.36. The minimum absolute atomic E-state index is 0.151. The number of pyridine rings is 1. The monoisotopic (exact) mass is 277 g/mol. The zero-order valence-electron chi connectivity index (χ0n) is 13.4. The standard InChI is InChI=1S/C16H27N3O/c1-12-8-15(20-5)9-14(18-12)10-19-11-16(3,4)17-7-6-13(19)2/h8-9,13,17H,6-7,10-11H2,1-5H3. The topological polar surface area (TPSA) is 37.4 Å². The van der Waals surface area contributed by atoms with Gasteiger partial charge in [0.15, 0.2) is 0 Å². The SMILES string of the molecule is COc1cc(C)nc(CN2CC(C)(C)NCCC2C)c1. The van der Waals surface area contributed by atoms with Gasteiger partial charge in [-0.15, -0.1) is 0 Å². The minimum atomic E-state index is 0.151. The Balaban J connectivity index is 2.16. The number of nitrogens with zero attached hydrogens (tertiary/aromatic N) is 2. The van der Waals surface area contributed by atoms with E-state index in [2.05, 4.69) is 36.0 Å². The van der Waals surface area contributed by atoms with Crippen molar-refractivity contribution in [3.05, 3.63) is 23.5 Å². The van der Waals surface area contributed by atoms with E-state index < -0.39 is 0 Å². The molecule has 1 N–H and O–H groups in total. The molecule has 1 fully saturated rings. The first-order chi connectivity index (χ1) is 9.39. The maximum absolute atomic E-state index is 5.35. The Bertz CT molecular complexity index is 459. The fourth-order valence-electron chi connectivity index (χ4n) is 2.84. The highest BCUT2D eigenvalue weighted by molar-refractivity contribution is 5.26. The van der Waals surface area contributed by atoms with Gasteiger partial charge in [0.1, 0.15) is 5.75 Å². The summed E-state index contributed by atoms with van der Waals surface area (Å²) in [6.07, 6.45) is 1.17. The highest BCUT2D eigenvalue weighted by Gasteiger charge is 2.28. The predicted molar refractivity (Wildman–Crippen MR) is 82.1 cm³/mol. The van der Waals surface area contributed by atoms with Crippen molar-refractivity contribution < 1.29 is 4.74 Å². The van der Waals surface area contributed by atoms with Crippen LogP contribution in [0.3, 0.4) is 0 Å². The highest BCUT2D eigenvalue weighted by Crippen LogP contribution is 2.20. The van der Waals surface area contributed by atoms with Crippen LogP contribution in [-0.2, 0) is 6.54 Å². The molecule has 2 rings (SSSR count). The number of aryl methyl sites for hydroxylation is 1. The van der Waals surface area contributed by atoms with Gasteiger partial charge in [0.2, 0.25) is 0 Å². The average molecular weight is 277 g/mol. The zero-order chi connectivity index (χ0) is 14.8. The van der Waals surface area contributed by atoms with Gasteiger partial charge in [-0.3, -0.25) is 9.88 Å². The van der Waals surface area contributed by atoms with Gasteiger partial charge in [-0.2, -0.15) is 0 Å². The largest absolute Gasteiger partial charge is 0.497 e. The number of aromatic nitrogens is 1. The van der Waals surface area contributed by atoms with Gasteiger partial charge in [0.05, 0.1) is 12.8 Å². The molecule has 0 aliphatic carbocycles. The van der Waals surface area contributed by atoms with E-state index in [4.69, 9.17) is 4.74 Å². The van der Waals surface area contributed by atoms with Gasteiger partial charge in [0.25, 0.3) is 0 Å². The summed E-state index contributed by atoms with van der Waals surface area (Å²) in [6, 6.07) is 4.59. The van der Waals surface area contributed by atoms with Gasteiger partial charge in [-0.25, -0.2) is 0 Å². The summed E-state index contributed by atoms with van der Waals surface area (Å²) in [4.78, 5) is 7.16. The molecular weight excluding hydrogens is 250 g/mol. The molecular formula is C16H27N3O. The Kier molecular flexibility index (Phi) is 4.66. The van der Waals surface area contributed by atoms with Crippen LogP contribution in [0.1, 0.15) is 38.6 Å². The summed E-state index contributed by atoms with van der Waals surface area (Å²) in [7, 11) is 1.71. The van der Waals surface area contributed by atoms with E-state index in [1.54, 1.807) is 7.11 Å². The second kappa shape index (κ2) is 6.10. The summed E-state index contributed by atoms with van der Waals surface area (Å²) in [6.45, 7) is 11.8. The van der Waals surface area contributed by atoms with Crippen molar-refractivity contribution in [2.24, 2.45) is 0 Å². The lowest BCUT2D eigenvalue weighted by Gasteiger charge is -2.32. The Hall–Kier alpha value is -1.13. The number of methoxy groups -OCH3 is 1. The number of hydrogen-bond acceptors (Lipinski definition) is 4. The quantitative estimate of drug-likeness (QED) is 0.920. The van der Waals surface area contributed by atoms with Crippen molar-refractivity contribution in [3.8, 4) is 5.75 Å². The fourth-order valence-corrected chi connectivity index (χ4v) is 2.84. The van der Waals surface area contributed by atoms with E-state index >= 15 is 0 Å². The Morgan fingerprint density at radius 3 is 2.90 bits per heavy atom. The van der Waals surface area contributed by atoms with E-state index in [0.29, 0.717) is 6.04 Å². The van der Waals surface area contributed by atoms with Crippen molar-refractivity contribution >= 4 is 0 Å². The van der Waals surface area contributed by atoms with Gasteiger partial charge in [0, 0.05) is 42.5 Å². The van der Waals surface area contributed by atoms with Gasteiger partial charge in [-0.1, -0.05) is 0 Å². The molecule has 1 saturated heterocycles. The maximum Gasteiger partial charge on any atom is 0.122 e. The van der Waals surface area contributed by atoms with Crippen LogP contribution in [0.5, 0.6) is 5.75 Å². The third-order valence-electron chi connectivity index (χ3n) is 3.97. The van der Waals surface area contributed by atoms with E-state index in [-0.39, 0.29) is 5.54 Å². The lowest BCUT2D eigenvalue weighted by atomic mass is 10.1. The minimum Gasteiger partial charge on any atom is -0.497 e. The molecule has 4 nitrogen and oxygen atoms in total. The smallest absolute Gasteiger partial charge is 0.122 e. The fraction of sp³-hybridized carbons (Fsp3) is 0.688. The zero-order valence-corrected chi connectivity index (χ0v) is 13.4. The molecule has 1 aliphatic rings. The Labute approximate surface area is 122 Å². The van der Waals surface area contributed by atoms with E-state index in [9.17, 15) is 0 Å². The van der Waals surface area contributed by atoms with Crippen LogP contribution >= 0.6 is 0 Å². The summed E-state index contributed by atoms with van der Waals surface area (Å²) >= 11 is 0. The first kappa shape index (κ1) is 15.3. The van der Waals surface area contributed by atoms with Crippen LogP contribution in [0.4, 0.5) is 0 Å². The molecule has 1 unspecified atom stereocenters. The molecule has 112 valence electrons. The molecule has 0 amide bonds. The molecule has 1 atom stereocenters.